The van der Waals surface area contributed by atoms with Gasteiger partial charge in [-0.25, -0.2) is 0 Å². The van der Waals surface area contributed by atoms with Gasteiger partial charge in [-0.05, 0) is 108 Å². The molecule has 160 valence electrons. The standard InChI is InChI=1S/C29H25I2N/c1-18-8-19(2)11-23(10-18)27-6-5-7-28(24-12-20(3)9-21(4)13-24)29(27)32-17-22-14-25(30)16-26(31)15-22/h5-17H,1-4H3/b32-17+. The first-order valence-electron chi connectivity index (χ1n) is 10.6. The number of hydrogen-bond donors (Lipinski definition) is 0. The molecular formula is C29H25I2N. The highest BCUT2D eigenvalue weighted by Gasteiger charge is 2.13. The zero-order valence-electron chi connectivity index (χ0n) is 18.7. The average molecular weight is 641 g/mol. The Morgan fingerprint density at radius 2 is 1.03 bits per heavy atom. The number of nitrogens with zero attached hydrogens (tertiary/aromatic N) is 1. The number of aliphatic imine (C=N–C) groups is 1. The average Bonchev–Trinajstić information content (AvgIpc) is 2.70. The first kappa shape index (κ1) is 23.2. The van der Waals surface area contributed by atoms with Gasteiger partial charge < -0.3 is 0 Å². The van der Waals surface area contributed by atoms with Gasteiger partial charge >= 0.3 is 0 Å². The first-order valence-corrected chi connectivity index (χ1v) is 12.7. The van der Waals surface area contributed by atoms with Gasteiger partial charge in [0.15, 0.2) is 0 Å². The minimum Gasteiger partial charge on any atom is -0.255 e. The fourth-order valence-corrected chi connectivity index (χ4v) is 6.18. The van der Waals surface area contributed by atoms with Crippen LogP contribution in [0.1, 0.15) is 27.8 Å². The molecule has 0 unspecified atom stereocenters. The lowest BCUT2D eigenvalue weighted by Crippen LogP contribution is -1.90. The third-order valence-electron chi connectivity index (χ3n) is 5.33. The number of rotatable bonds is 4. The monoisotopic (exact) mass is 641 g/mol. The molecular weight excluding hydrogens is 616 g/mol. The van der Waals surface area contributed by atoms with Gasteiger partial charge in [-0.1, -0.05) is 76.9 Å². The van der Waals surface area contributed by atoms with Gasteiger partial charge in [-0.2, -0.15) is 0 Å². The van der Waals surface area contributed by atoms with Crippen molar-refractivity contribution in [1.82, 2.24) is 0 Å². The Hall–Kier alpha value is -1.99. The summed E-state index contributed by atoms with van der Waals surface area (Å²) in [5.74, 6) is 0. The van der Waals surface area contributed by atoms with Crippen LogP contribution in [-0.2, 0) is 0 Å². The lowest BCUT2D eigenvalue weighted by Gasteiger charge is -2.14. The summed E-state index contributed by atoms with van der Waals surface area (Å²) in [6.45, 7) is 8.62. The predicted octanol–water partition coefficient (Wildman–Crippen LogP) is 9.21. The molecule has 4 aromatic rings. The molecule has 0 atom stereocenters. The van der Waals surface area contributed by atoms with Crippen LogP contribution in [0.15, 0.2) is 77.8 Å². The molecule has 0 aliphatic rings. The molecule has 1 nitrogen and oxygen atoms in total. The molecule has 0 aliphatic heterocycles. The maximum absolute atomic E-state index is 5.10. The van der Waals surface area contributed by atoms with E-state index in [-0.39, 0.29) is 0 Å². The number of para-hydroxylation sites is 1. The van der Waals surface area contributed by atoms with Crippen LogP contribution in [0.3, 0.4) is 0 Å². The van der Waals surface area contributed by atoms with Crippen molar-refractivity contribution in [3.63, 3.8) is 0 Å². The normalized spacial score (nSPS) is 11.3. The van der Waals surface area contributed by atoms with E-state index in [1.165, 1.54) is 40.5 Å². The molecule has 0 saturated heterocycles. The minimum atomic E-state index is 1.01. The summed E-state index contributed by atoms with van der Waals surface area (Å²) in [6.07, 6.45) is 2.00. The molecule has 4 aromatic carbocycles. The van der Waals surface area contributed by atoms with Crippen molar-refractivity contribution in [1.29, 1.82) is 0 Å². The van der Waals surface area contributed by atoms with Gasteiger partial charge in [0, 0.05) is 24.5 Å². The van der Waals surface area contributed by atoms with Crippen molar-refractivity contribution in [2.75, 3.05) is 0 Å². The molecule has 0 spiro atoms. The molecule has 0 radical (unpaired) electrons. The van der Waals surface area contributed by atoms with Crippen molar-refractivity contribution in [3.8, 4) is 22.3 Å². The van der Waals surface area contributed by atoms with Gasteiger partial charge in [-0.15, -0.1) is 0 Å². The molecule has 0 N–H and O–H groups in total. The molecule has 0 aliphatic carbocycles. The fourth-order valence-electron chi connectivity index (χ4n) is 4.20. The van der Waals surface area contributed by atoms with Gasteiger partial charge in [0.05, 0.1) is 5.69 Å². The molecule has 0 bridgehead atoms. The summed E-state index contributed by atoms with van der Waals surface area (Å²) < 4.78 is 2.43. The van der Waals surface area contributed by atoms with Crippen LogP contribution in [-0.4, -0.2) is 6.21 Å². The second-order valence-corrected chi connectivity index (χ2v) is 10.9. The SMILES string of the molecule is Cc1cc(C)cc(-c2cccc(-c3cc(C)cc(C)c3)c2/N=C/c2cc(I)cc(I)c2)c1. The van der Waals surface area contributed by atoms with E-state index in [9.17, 15) is 0 Å². The maximum atomic E-state index is 5.10. The van der Waals surface area contributed by atoms with Crippen LogP contribution in [0.5, 0.6) is 0 Å². The van der Waals surface area contributed by atoms with Crippen LogP contribution >= 0.6 is 45.2 Å². The lowest BCUT2D eigenvalue weighted by molar-refractivity contribution is 1.37. The molecule has 3 heteroatoms. The summed E-state index contributed by atoms with van der Waals surface area (Å²) in [7, 11) is 0. The Bertz CT molecular complexity index is 1200. The van der Waals surface area contributed by atoms with E-state index in [0.717, 1.165) is 22.4 Å². The first-order chi connectivity index (χ1) is 15.3. The molecule has 0 amide bonds. The van der Waals surface area contributed by atoms with Crippen LogP contribution in [0.2, 0.25) is 0 Å². The molecule has 4 rings (SSSR count). The lowest BCUT2D eigenvalue weighted by atomic mass is 9.93. The summed E-state index contributed by atoms with van der Waals surface area (Å²) in [4.78, 5) is 5.10. The fraction of sp³-hybridized carbons (Fsp3) is 0.138. The van der Waals surface area contributed by atoms with E-state index < -0.39 is 0 Å². The zero-order valence-corrected chi connectivity index (χ0v) is 23.0. The smallest absolute Gasteiger partial charge is 0.0786 e. The number of hydrogen-bond acceptors (Lipinski definition) is 1. The largest absolute Gasteiger partial charge is 0.255 e. The highest BCUT2D eigenvalue weighted by molar-refractivity contribution is 14.1. The van der Waals surface area contributed by atoms with E-state index in [1.54, 1.807) is 0 Å². The van der Waals surface area contributed by atoms with E-state index in [4.69, 9.17) is 4.99 Å². The Morgan fingerprint density at radius 1 is 0.594 bits per heavy atom. The quantitative estimate of drug-likeness (QED) is 0.156. The Balaban J connectivity index is 1.95. The van der Waals surface area contributed by atoms with Gasteiger partial charge in [0.25, 0.3) is 0 Å². The van der Waals surface area contributed by atoms with Crippen molar-refractivity contribution < 1.29 is 0 Å². The van der Waals surface area contributed by atoms with Crippen molar-refractivity contribution in [3.05, 3.63) is 108 Å². The Morgan fingerprint density at radius 3 is 1.47 bits per heavy atom. The van der Waals surface area contributed by atoms with Crippen LogP contribution in [0, 0.1) is 34.8 Å². The zero-order chi connectivity index (χ0) is 22.8. The highest BCUT2D eigenvalue weighted by Crippen LogP contribution is 2.40. The molecule has 0 heterocycles. The number of halogens is 2. The summed E-state index contributed by atoms with van der Waals surface area (Å²) >= 11 is 4.73. The second kappa shape index (κ2) is 9.87. The van der Waals surface area contributed by atoms with Crippen LogP contribution < -0.4 is 0 Å². The number of aryl methyl sites for hydroxylation is 4. The van der Waals surface area contributed by atoms with E-state index in [1.807, 2.05) is 6.21 Å². The highest BCUT2D eigenvalue weighted by atomic mass is 127. The van der Waals surface area contributed by atoms with Gasteiger partial charge in [-0.3, -0.25) is 4.99 Å². The third kappa shape index (κ3) is 5.49. The molecule has 0 saturated carbocycles. The molecule has 32 heavy (non-hydrogen) atoms. The maximum Gasteiger partial charge on any atom is 0.0786 e. The summed E-state index contributed by atoms with van der Waals surface area (Å²) in [5, 5.41) is 0. The van der Waals surface area contributed by atoms with Gasteiger partial charge in [0.2, 0.25) is 0 Å². The Kier molecular flexibility index (Phi) is 7.15. The molecule has 0 aromatic heterocycles. The Labute approximate surface area is 218 Å². The van der Waals surface area contributed by atoms with Gasteiger partial charge in [0.1, 0.15) is 0 Å². The summed E-state index contributed by atoms with van der Waals surface area (Å²) in [6, 6.07) is 26.5. The van der Waals surface area contributed by atoms with E-state index >= 15 is 0 Å². The van der Waals surface area contributed by atoms with Crippen molar-refractivity contribution in [2.24, 2.45) is 4.99 Å². The minimum absolute atomic E-state index is 1.01. The van der Waals surface area contributed by atoms with Crippen LogP contribution in [0.25, 0.3) is 22.3 Å². The number of benzene rings is 4. The van der Waals surface area contributed by atoms with Crippen molar-refractivity contribution >= 4 is 57.1 Å². The van der Waals surface area contributed by atoms with E-state index in [0.29, 0.717) is 0 Å². The van der Waals surface area contributed by atoms with Crippen LogP contribution in [0.4, 0.5) is 5.69 Å². The summed E-state index contributed by atoms with van der Waals surface area (Å²) in [5.41, 5.74) is 11.9. The van der Waals surface area contributed by atoms with Crippen molar-refractivity contribution in [2.45, 2.75) is 27.7 Å². The predicted molar refractivity (Wildman–Crippen MR) is 155 cm³/mol. The third-order valence-corrected chi connectivity index (χ3v) is 6.57. The topological polar surface area (TPSA) is 12.4 Å². The van der Waals surface area contributed by atoms with E-state index in [2.05, 4.69) is 146 Å². The molecule has 0 fully saturated rings. The second-order valence-electron chi connectivity index (χ2n) is 8.42.